The highest BCUT2D eigenvalue weighted by atomic mass is 32.1. The molecule has 1 aromatic carbocycles. The second-order valence-electron chi connectivity index (χ2n) is 4.97. The van der Waals surface area contributed by atoms with Gasteiger partial charge in [0.2, 0.25) is 0 Å². The Bertz CT molecular complexity index is 903. The van der Waals surface area contributed by atoms with Crippen molar-refractivity contribution in [3.05, 3.63) is 35.2 Å². The minimum atomic E-state index is -1.42. The van der Waals surface area contributed by atoms with E-state index in [-0.39, 0.29) is 22.3 Å². The van der Waals surface area contributed by atoms with Gasteiger partial charge in [-0.15, -0.1) is 11.3 Å². The van der Waals surface area contributed by atoms with Crippen LogP contribution in [0.2, 0.25) is 0 Å². The van der Waals surface area contributed by atoms with E-state index in [0.29, 0.717) is 5.82 Å². The van der Waals surface area contributed by atoms with E-state index < -0.39 is 24.5 Å². The van der Waals surface area contributed by atoms with E-state index >= 15 is 0 Å². The number of carbonyl (C=O) groups is 2. The molecule has 8 nitrogen and oxygen atoms in total. The summed E-state index contributed by atoms with van der Waals surface area (Å²) in [5.74, 6) is -1.63. The molecule has 1 atom stereocenters. The van der Waals surface area contributed by atoms with Crippen LogP contribution in [0.4, 0.5) is 0 Å². The first kappa shape index (κ1) is 16.0. The van der Waals surface area contributed by atoms with E-state index in [1.807, 2.05) is 17.5 Å². The number of thiophene rings is 1. The van der Waals surface area contributed by atoms with E-state index in [1.54, 1.807) is 0 Å². The Morgan fingerprint density at radius 3 is 2.75 bits per heavy atom. The molecule has 1 unspecified atom stereocenters. The Morgan fingerprint density at radius 1 is 1.33 bits per heavy atom. The van der Waals surface area contributed by atoms with Crippen LogP contribution in [0.1, 0.15) is 10.4 Å². The van der Waals surface area contributed by atoms with Gasteiger partial charge >= 0.3 is 5.97 Å². The summed E-state index contributed by atoms with van der Waals surface area (Å²) in [6.07, 6.45) is 0. The Morgan fingerprint density at radius 2 is 2.12 bits per heavy atom. The molecule has 0 saturated carbocycles. The quantitative estimate of drug-likeness (QED) is 0.470. The lowest BCUT2D eigenvalue weighted by Crippen LogP contribution is -2.43. The SMILES string of the molecule is O=C(NC(CO)C(=O)O)c1ccc(O)c2[nH]c(-c3cccs3)nc12. The molecule has 124 valence electrons. The van der Waals surface area contributed by atoms with Crippen molar-refractivity contribution in [2.45, 2.75) is 6.04 Å². The van der Waals surface area contributed by atoms with Gasteiger partial charge in [0.1, 0.15) is 22.6 Å². The molecule has 24 heavy (non-hydrogen) atoms. The van der Waals surface area contributed by atoms with Crippen molar-refractivity contribution in [2.24, 2.45) is 0 Å². The topological polar surface area (TPSA) is 136 Å². The monoisotopic (exact) mass is 347 g/mol. The fraction of sp³-hybridized carbons (Fsp3) is 0.133. The average molecular weight is 347 g/mol. The standard InChI is InChI=1S/C15H13N3O5S/c19-6-8(15(22)23)16-14(21)7-3-4-9(20)12-11(7)17-13(18-12)10-2-1-5-24-10/h1-5,8,19-20H,6H2,(H,16,21)(H,17,18)(H,22,23). The van der Waals surface area contributed by atoms with E-state index in [2.05, 4.69) is 15.3 Å². The summed E-state index contributed by atoms with van der Waals surface area (Å²) < 4.78 is 0. The van der Waals surface area contributed by atoms with Gasteiger partial charge in [0, 0.05) is 0 Å². The van der Waals surface area contributed by atoms with Crippen LogP contribution >= 0.6 is 11.3 Å². The highest BCUT2D eigenvalue weighted by Gasteiger charge is 2.23. The van der Waals surface area contributed by atoms with Gasteiger partial charge in [0.15, 0.2) is 6.04 Å². The number of aliphatic hydroxyl groups excluding tert-OH is 1. The van der Waals surface area contributed by atoms with Crippen LogP contribution in [0.3, 0.4) is 0 Å². The number of carboxylic acid groups (broad SMARTS) is 1. The molecule has 2 heterocycles. The first-order valence-corrected chi connectivity index (χ1v) is 7.79. The third kappa shape index (κ3) is 2.82. The number of aromatic amines is 1. The number of phenols is 1. The molecule has 0 radical (unpaired) electrons. The summed E-state index contributed by atoms with van der Waals surface area (Å²) in [5, 5.41) is 32.0. The summed E-state index contributed by atoms with van der Waals surface area (Å²) in [6, 6.07) is 4.94. The highest BCUT2D eigenvalue weighted by Crippen LogP contribution is 2.30. The lowest BCUT2D eigenvalue weighted by molar-refractivity contribution is -0.140. The molecule has 9 heteroatoms. The normalized spacial score (nSPS) is 12.2. The van der Waals surface area contributed by atoms with Crippen molar-refractivity contribution in [1.29, 1.82) is 0 Å². The summed E-state index contributed by atoms with van der Waals surface area (Å²) in [4.78, 5) is 31.4. The molecule has 3 rings (SSSR count). The molecule has 0 fully saturated rings. The number of hydrogen-bond donors (Lipinski definition) is 5. The second-order valence-corrected chi connectivity index (χ2v) is 5.91. The molecule has 0 bridgehead atoms. The van der Waals surface area contributed by atoms with Crippen LogP contribution in [-0.4, -0.2) is 49.8 Å². The van der Waals surface area contributed by atoms with Crippen LogP contribution in [0.15, 0.2) is 29.6 Å². The maximum atomic E-state index is 12.3. The van der Waals surface area contributed by atoms with Gasteiger partial charge in [-0.3, -0.25) is 4.79 Å². The third-order valence-electron chi connectivity index (χ3n) is 3.41. The van der Waals surface area contributed by atoms with Gasteiger partial charge in [0.05, 0.1) is 17.0 Å². The zero-order chi connectivity index (χ0) is 17.3. The number of aliphatic carboxylic acids is 1. The predicted octanol–water partition coefficient (Wildman–Crippen LogP) is 1.17. The summed E-state index contributed by atoms with van der Waals surface area (Å²) in [7, 11) is 0. The molecule has 2 aromatic heterocycles. The van der Waals surface area contributed by atoms with Gasteiger partial charge in [-0.2, -0.15) is 0 Å². The van der Waals surface area contributed by atoms with Gasteiger partial charge in [0.25, 0.3) is 5.91 Å². The minimum absolute atomic E-state index is 0.0752. The third-order valence-corrected chi connectivity index (χ3v) is 4.28. The molecule has 1 amide bonds. The zero-order valence-corrected chi connectivity index (χ0v) is 13.0. The van der Waals surface area contributed by atoms with Crippen molar-refractivity contribution in [3.8, 4) is 16.5 Å². The number of H-pyrrole nitrogens is 1. The van der Waals surface area contributed by atoms with Crippen LogP contribution < -0.4 is 5.32 Å². The van der Waals surface area contributed by atoms with Crippen molar-refractivity contribution >= 4 is 34.2 Å². The number of amides is 1. The number of imidazole rings is 1. The number of aromatic hydroxyl groups is 1. The summed E-state index contributed by atoms with van der Waals surface area (Å²) in [5.41, 5.74) is 0.599. The molecule has 0 aliphatic carbocycles. The zero-order valence-electron chi connectivity index (χ0n) is 12.2. The Balaban J connectivity index is 2.03. The van der Waals surface area contributed by atoms with E-state index in [0.717, 1.165) is 4.88 Å². The maximum Gasteiger partial charge on any atom is 0.328 e. The Hall–Kier alpha value is -2.91. The Labute approximate surface area is 139 Å². The smallest absolute Gasteiger partial charge is 0.328 e. The van der Waals surface area contributed by atoms with Crippen LogP contribution in [0.5, 0.6) is 5.75 Å². The van der Waals surface area contributed by atoms with Gasteiger partial charge in [-0.05, 0) is 23.6 Å². The number of benzene rings is 1. The number of nitrogens with one attached hydrogen (secondary N) is 2. The maximum absolute atomic E-state index is 12.3. The van der Waals surface area contributed by atoms with E-state index in [1.165, 1.54) is 23.5 Å². The number of rotatable bonds is 5. The van der Waals surface area contributed by atoms with Crippen molar-refractivity contribution in [2.75, 3.05) is 6.61 Å². The average Bonchev–Trinajstić information content (AvgIpc) is 3.21. The second kappa shape index (κ2) is 6.30. The number of fused-ring (bicyclic) bond motifs is 1. The molecule has 0 spiro atoms. The van der Waals surface area contributed by atoms with Gasteiger partial charge in [-0.1, -0.05) is 6.07 Å². The first-order valence-electron chi connectivity index (χ1n) is 6.91. The first-order chi connectivity index (χ1) is 11.5. The highest BCUT2D eigenvalue weighted by molar-refractivity contribution is 7.13. The number of carboxylic acids is 1. The van der Waals surface area contributed by atoms with Crippen molar-refractivity contribution < 1.29 is 24.9 Å². The number of phenolic OH excluding ortho intramolecular Hbond substituents is 1. The Kier molecular flexibility index (Phi) is 4.19. The molecule has 0 saturated heterocycles. The van der Waals surface area contributed by atoms with Gasteiger partial charge < -0.3 is 25.6 Å². The van der Waals surface area contributed by atoms with Crippen molar-refractivity contribution in [1.82, 2.24) is 15.3 Å². The van der Waals surface area contributed by atoms with Crippen LogP contribution in [0, 0.1) is 0 Å². The number of hydrogen-bond acceptors (Lipinski definition) is 6. The fourth-order valence-electron chi connectivity index (χ4n) is 2.21. The van der Waals surface area contributed by atoms with Crippen LogP contribution in [-0.2, 0) is 4.79 Å². The molecule has 5 N–H and O–H groups in total. The minimum Gasteiger partial charge on any atom is -0.506 e. The summed E-state index contributed by atoms with van der Waals surface area (Å²) in [6.45, 7) is -0.733. The number of carbonyl (C=O) groups excluding carboxylic acids is 1. The largest absolute Gasteiger partial charge is 0.506 e. The number of aromatic nitrogens is 2. The lowest BCUT2D eigenvalue weighted by Gasteiger charge is -2.11. The predicted molar refractivity (Wildman–Crippen MR) is 87.0 cm³/mol. The molecule has 0 aliphatic rings. The number of nitrogens with zero attached hydrogens (tertiary/aromatic N) is 1. The molecule has 3 aromatic rings. The van der Waals surface area contributed by atoms with Crippen molar-refractivity contribution in [3.63, 3.8) is 0 Å². The van der Waals surface area contributed by atoms with E-state index in [4.69, 9.17) is 10.2 Å². The van der Waals surface area contributed by atoms with Crippen LogP contribution in [0.25, 0.3) is 21.7 Å². The lowest BCUT2D eigenvalue weighted by atomic mass is 10.1. The number of aliphatic hydroxyl groups is 1. The molecular formula is C15H13N3O5S. The van der Waals surface area contributed by atoms with E-state index in [9.17, 15) is 14.7 Å². The molecule has 0 aliphatic heterocycles. The fourth-order valence-corrected chi connectivity index (χ4v) is 2.88. The summed E-state index contributed by atoms with van der Waals surface area (Å²) >= 11 is 1.44. The molecular weight excluding hydrogens is 334 g/mol. The van der Waals surface area contributed by atoms with Gasteiger partial charge in [-0.25, -0.2) is 9.78 Å².